The predicted octanol–water partition coefficient (Wildman–Crippen LogP) is 1.66. The number of hydrogen-bond donors (Lipinski definition) is 1. The minimum Gasteiger partial charge on any atom is -0.461 e. The number of carbonyl (C=O) groups excluding carboxylic acids is 3. The monoisotopic (exact) mass is 287 g/mol. The molecule has 1 heterocycles. The maximum Gasteiger partial charge on any atom is 0.310 e. The van der Waals surface area contributed by atoms with Gasteiger partial charge in [-0.3, -0.25) is 19.7 Å². The molecule has 1 aromatic carbocycles. The van der Waals surface area contributed by atoms with Gasteiger partial charge in [0.2, 0.25) is 0 Å². The summed E-state index contributed by atoms with van der Waals surface area (Å²) in [5, 5.41) is 2.09. The molecule has 0 saturated heterocycles. The Morgan fingerprint density at radius 3 is 2.52 bits per heavy atom. The van der Waals surface area contributed by atoms with Crippen LogP contribution in [-0.2, 0) is 32.1 Å². The van der Waals surface area contributed by atoms with Gasteiger partial charge in [-0.1, -0.05) is 37.6 Å². The summed E-state index contributed by atoms with van der Waals surface area (Å²) in [4.78, 5) is 34.0. The van der Waals surface area contributed by atoms with Crippen LogP contribution in [0.5, 0.6) is 0 Å². The van der Waals surface area contributed by atoms with Crippen LogP contribution in [0.25, 0.3) is 0 Å². The Balaban J connectivity index is 1.91. The van der Waals surface area contributed by atoms with Gasteiger partial charge in [0.15, 0.2) is 0 Å². The highest BCUT2D eigenvalue weighted by Gasteiger charge is 2.23. The number of hydrogen-bond acceptors (Lipinski definition) is 4. The molecule has 5 nitrogen and oxygen atoms in total. The average molecular weight is 287 g/mol. The first kappa shape index (κ1) is 15.0. The van der Waals surface area contributed by atoms with Crippen LogP contribution in [0.2, 0.25) is 0 Å². The van der Waals surface area contributed by atoms with Crippen molar-refractivity contribution >= 4 is 17.8 Å². The van der Waals surface area contributed by atoms with Crippen molar-refractivity contribution < 1.29 is 19.1 Å². The number of nitrogens with one attached hydrogen (secondary N) is 1. The summed E-state index contributed by atoms with van der Waals surface area (Å²) in [6, 6.07) is 7.78. The molecule has 0 bridgehead atoms. The largest absolute Gasteiger partial charge is 0.461 e. The van der Waals surface area contributed by atoms with Crippen LogP contribution in [0.1, 0.15) is 30.9 Å². The van der Waals surface area contributed by atoms with Crippen LogP contribution in [0.15, 0.2) is 35.9 Å². The molecule has 2 amide bonds. The number of aryl methyl sites for hydroxylation is 1. The van der Waals surface area contributed by atoms with Crippen molar-refractivity contribution in [2.45, 2.75) is 32.8 Å². The van der Waals surface area contributed by atoms with Crippen molar-refractivity contribution in [2.24, 2.45) is 0 Å². The molecule has 0 saturated carbocycles. The molecule has 1 N–H and O–H groups in total. The Hall–Kier alpha value is -2.43. The highest BCUT2D eigenvalue weighted by molar-refractivity contribution is 6.17. The normalized spacial score (nSPS) is 13.9. The maximum absolute atomic E-state index is 11.7. The van der Waals surface area contributed by atoms with E-state index in [-0.39, 0.29) is 18.6 Å². The Kier molecular flexibility index (Phi) is 4.87. The number of rotatable bonds is 6. The first-order chi connectivity index (χ1) is 10.1. The molecule has 110 valence electrons. The van der Waals surface area contributed by atoms with Crippen molar-refractivity contribution in [3.8, 4) is 0 Å². The average Bonchev–Trinajstić information content (AvgIpc) is 2.76. The Morgan fingerprint density at radius 1 is 1.19 bits per heavy atom. The number of carbonyl (C=O) groups is 3. The molecule has 0 aromatic heterocycles. The lowest BCUT2D eigenvalue weighted by molar-refractivity contribution is -0.144. The molecule has 0 unspecified atom stereocenters. The molecule has 0 radical (unpaired) electrons. The molecule has 0 fully saturated rings. The lowest BCUT2D eigenvalue weighted by Gasteiger charge is -2.09. The van der Waals surface area contributed by atoms with E-state index in [2.05, 4.69) is 12.2 Å². The molecule has 0 atom stereocenters. The van der Waals surface area contributed by atoms with E-state index in [1.165, 1.54) is 0 Å². The number of ether oxygens (including phenoxy) is 1. The maximum atomic E-state index is 11.7. The minimum atomic E-state index is -0.525. The molecule has 1 aromatic rings. The molecular formula is C16H17NO4. The zero-order chi connectivity index (χ0) is 15.2. The first-order valence-corrected chi connectivity index (χ1v) is 6.88. The zero-order valence-corrected chi connectivity index (χ0v) is 11.8. The van der Waals surface area contributed by atoms with Gasteiger partial charge in [0.05, 0.1) is 6.42 Å². The van der Waals surface area contributed by atoms with Gasteiger partial charge in [0.25, 0.3) is 11.8 Å². The Bertz CT molecular complexity index is 604. The van der Waals surface area contributed by atoms with Gasteiger partial charge < -0.3 is 4.74 Å². The number of esters is 1. The molecule has 2 rings (SSSR count). The predicted molar refractivity (Wildman–Crippen MR) is 76.1 cm³/mol. The van der Waals surface area contributed by atoms with Crippen LogP contribution >= 0.6 is 0 Å². The third kappa shape index (κ3) is 4.02. The van der Waals surface area contributed by atoms with E-state index in [1.807, 2.05) is 24.3 Å². The SMILES string of the molecule is CCCc1ccccc1COC(=O)CC1=CC(=O)NC1=O. The van der Waals surface area contributed by atoms with Crippen LogP contribution in [0.3, 0.4) is 0 Å². The number of imide groups is 1. The summed E-state index contributed by atoms with van der Waals surface area (Å²) in [6.07, 6.45) is 2.89. The molecular weight excluding hydrogens is 270 g/mol. The van der Waals surface area contributed by atoms with Crippen LogP contribution in [0.4, 0.5) is 0 Å². The van der Waals surface area contributed by atoms with Crippen molar-refractivity contribution in [1.82, 2.24) is 5.32 Å². The van der Waals surface area contributed by atoms with Crippen LogP contribution < -0.4 is 5.32 Å². The Labute approximate surface area is 123 Å². The standard InChI is InChI=1S/C16H17NO4/c1-2-5-11-6-3-4-7-12(11)10-21-15(19)9-13-8-14(18)17-16(13)20/h3-4,6-8H,2,5,9-10H2,1H3,(H,17,18,20). The second-order valence-electron chi connectivity index (χ2n) is 4.84. The zero-order valence-electron chi connectivity index (χ0n) is 11.8. The number of amides is 2. The summed E-state index contributed by atoms with van der Waals surface area (Å²) in [5.41, 5.74) is 2.27. The van der Waals surface area contributed by atoms with Crippen molar-refractivity contribution in [1.29, 1.82) is 0 Å². The minimum absolute atomic E-state index is 0.145. The van der Waals surface area contributed by atoms with Gasteiger partial charge in [0.1, 0.15) is 6.61 Å². The highest BCUT2D eigenvalue weighted by Crippen LogP contribution is 2.14. The lowest BCUT2D eigenvalue weighted by atomic mass is 10.0. The van der Waals surface area contributed by atoms with E-state index < -0.39 is 17.8 Å². The van der Waals surface area contributed by atoms with Crippen molar-refractivity contribution in [2.75, 3.05) is 0 Å². The first-order valence-electron chi connectivity index (χ1n) is 6.88. The summed E-state index contributed by atoms with van der Waals surface area (Å²) in [6.45, 7) is 2.27. The van der Waals surface area contributed by atoms with E-state index in [1.54, 1.807) is 0 Å². The van der Waals surface area contributed by atoms with E-state index in [9.17, 15) is 14.4 Å². The van der Waals surface area contributed by atoms with Crippen molar-refractivity contribution in [3.63, 3.8) is 0 Å². The van der Waals surface area contributed by atoms with E-state index in [4.69, 9.17) is 4.74 Å². The van der Waals surface area contributed by atoms with Crippen LogP contribution in [0, 0.1) is 0 Å². The van der Waals surface area contributed by atoms with E-state index >= 15 is 0 Å². The van der Waals surface area contributed by atoms with Crippen molar-refractivity contribution in [3.05, 3.63) is 47.0 Å². The quantitative estimate of drug-likeness (QED) is 0.638. The fraction of sp³-hybridized carbons (Fsp3) is 0.312. The molecule has 0 aliphatic carbocycles. The second kappa shape index (κ2) is 6.83. The van der Waals surface area contributed by atoms with Gasteiger partial charge in [-0.05, 0) is 17.5 Å². The van der Waals surface area contributed by atoms with Gasteiger partial charge in [-0.25, -0.2) is 0 Å². The second-order valence-corrected chi connectivity index (χ2v) is 4.84. The van der Waals surface area contributed by atoms with E-state index in [0.29, 0.717) is 0 Å². The lowest BCUT2D eigenvalue weighted by Crippen LogP contribution is -2.23. The van der Waals surface area contributed by atoms with Gasteiger partial charge in [0, 0.05) is 11.6 Å². The third-order valence-corrected chi connectivity index (χ3v) is 3.19. The molecule has 21 heavy (non-hydrogen) atoms. The van der Waals surface area contributed by atoms with Gasteiger partial charge in [-0.2, -0.15) is 0 Å². The van der Waals surface area contributed by atoms with Gasteiger partial charge >= 0.3 is 5.97 Å². The molecule has 1 aliphatic heterocycles. The summed E-state index contributed by atoms with van der Waals surface area (Å²) in [5.74, 6) is -1.53. The summed E-state index contributed by atoms with van der Waals surface area (Å²) >= 11 is 0. The smallest absolute Gasteiger partial charge is 0.310 e. The number of benzene rings is 1. The third-order valence-electron chi connectivity index (χ3n) is 3.19. The van der Waals surface area contributed by atoms with Crippen LogP contribution in [-0.4, -0.2) is 17.8 Å². The molecule has 1 aliphatic rings. The molecule has 0 spiro atoms. The highest BCUT2D eigenvalue weighted by atomic mass is 16.5. The fourth-order valence-corrected chi connectivity index (χ4v) is 2.16. The van der Waals surface area contributed by atoms with E-state index in [0.717, 1.165) is 30.0 Å². The topological polar surface area (TPSA) is 72.5 Å². The summed E-state index contributed by atoms with van der Waals surface area (Å²) < 4.78 is 5.19. The van der Waals surface area contributed by atoms with Gasteiger partial charge in [-0.15, -0.1) is 0 Å². The Morgan fingerprint density at radius 2 is 1.90 bits per heavy atom. The fourth-order valence-electron chi connectivity index (χ4n) is 2.16. The summed E-state index contributed by atoms with van der Waals surface area (Å²) in [7, 11) is 0. The molecule has 5 heteroatoms.